The number of hydrogen-bond donors (Lipinski definition) is 1. The molecule has 3 aromatic rings. The number of aromatic nitrogens is 1. The Balaban J connectivity index is 1.83. The number of aryl methyl sites for hydroxylation is 2. The molecule has 0 spiro atoms. The van der Waals surface area contributed by atoms with Crippen LogP contribution in [0.25, 0.3) is 0 Å². The molecule has 1 saturated carbocycles. The first-order valence-electron chi connectivity index (χ1n) is 11.9. The molecule has 8 heteroatoms. The summed E-state index contributed by atoms with van der Waals surface area (Å²) in [6.45, 7) is 3.57. The average Bonchev–Trinajstić information content (AvgIpc) is 3.21. The monoisotopic (exact) mass is 495 g/mol. The van der Waals surface area contributed by atoms with Crippen LogP contribution < -0.4 is 15.0 Å². The molecule has 184 valence electrons. The number of halogens is 1. The Morgan fingerprint density at radius 2 is 1.77 bits per heavy atom. The highest BCUT2D eigenvalue weighted by molar-refractivity contribution is 7.13. The van der Waals surface area contributed by atoms with Gasteiger partial charge < -0.3 is 10.1 Å². The predicted octanol–water partition coefficient (Wildman–Crippen LogP) is 5.74. The molecule has 0 bridgehead atoms. The first-order valence-corrected chi connectivity index (χ1v) is 12.7. The van der Waals surface area contributed by atoms with Crippen molar-refractivity contribution >= 4 is 28.8 Å². The van der Waals surface area contributed by atoms with Gasteiger partial charge in [-0.2, -0.15) is 0 Å². The van der Waals surface area contributed by atoms with Crippen LogP contribution in [0.5, 0.6) is 5.75 Å². The van der Waals surface area contributed by atoms with Crippen molar-refractivity contribution in [3.05, 3.63) is 75.5 Å². The van der Waals surface area contributed by atoms with Crippen molar-refractivity contribution in [3.63, 3.8) is 0 Å². The van der Waals surface area contributed by atoms with E-state index in [9.17, 15) is 9.59 Å². The second-order valence-corrected chi connectivity index (χ2v) is 10.00. The van der Waals surface area contributed by atoms with Gasteiger partial charge in [-0.25, -0.2) is 9.37 Å². The number of thiazole rings is 1. The predicted molar refractivity (Wildman–Crippen MR) is 136 cm³/mol. The molecule has 0 aliphatic heterocycles. The average molecular weight is 496 g/mol. The fourth-order valence-corrected chi connectivity index (χ4v) is 5.44. The Hall–Kier alpha value is -3.26. The quantitative estimate of drug-likeness (QED) is 0.453. The Morgan fingerprint density at radius 3 is 2.37 bits per heavy atom. The van der Waals surface area contributed by atoms with Crippen LogP contribution in [0.1, 0.15) is 64.1 Å². The second kappa shape index (κ2) is 11.0. The van der Waals surface area contributed by atoms with Crippen molar-refractivity contribution in [3.8, 4) is 5.75 Å². The van der Waals surface area contributed by atoms with E-state index in [4.69, 9.17) is 4.74 Å². The topological polar surface area (TPSA) is 71.5 Å². The van der Waals surface area contributed by atoms with Crippen molar-refractivity contribution in [1.29, 1.82) is 0 Å². The van der Waals surface area contributed by atoms with Gasteiger partial charge in [0.1, 0.15) is 22.5 Å². The summed E-state index contributed by atoms with van der Waals surface area (Å²) in [5.74, 6) is -0.753. The summed E-state index contributed by atoms with van der Waals surface area (Å²) in [5.41, 5.74) is 1.16. The van der Waals surface area contributed by atoms with E-state index < -0.39 is 17.8 Å². The molecule has 0 radical (unpaired) electrons. The molecule has 6 nitrogen and oxygen atoms in total. The number of ether oxygens (including phenoxy) is 1. The molecule has 1 aromatic heterocycles. The van der Waals surface area contributed by atoms with Gasteiger partial charge in [0.05, 0.1) is 23.5 Å². The molecule has 1 atom stereocenters. The maximum Gasteiger partial charge on any atom is 0.271 e. The number of anilines is 1. The zero-order valence-electron chi connectivity index (χ0n) is 20.2. The highest BCUT2D eigenvalue weighted by Gasteiger charge is 2.37. The summed E-state index contributed by atoms with van der Waals surface area (Å²) >= 11 is 1.24. The van der Waals surface area contributed by atoms with Crippen LogP contribution in [-0.2, 0) is 4.79 Å². The minimum Gasteiger partial charge on any atom is -0.497 e. The smallest absolute Gasteiger partial charge is 0.271 e. The van der Waals surface area contributed by atoms with E-state index >= 15 is 4.39 Å². The van der Waals surface area contributed by atoms with E-state index in [0.29, 0.717) is 21.9 Å². The fraction of sp³-hybridized carbons (Fsp3) is 0.370. The third-order valence-electron chi connectivity index (χ3n) is 6.32. The third-order valence-corrected chi connectivity index (χ3v) is 7.38. The lowest BCUT2D eigenvalue weighted by Crippen LogP contribution is -2.47. The molecule has 1 aliphatic carbocycles. The Kier molecular flexibility index (Phi) is 7.80. The summed E-state index contributed by atoms with van der Waals surface area (Å²) in [6.07, 6.45) is 5.03. The van der Waals surface area contributed by atoms with Crippen LogP contribution in [0.2, 0.25) is 0 Å². The number of methoxy groups -OCH3 is 1. The molecule has 35 heavy (non-hydrogen) atoms. The van der Waals surface area contributed by atoms with Crippen LogP contribution in [-0.4, -0.2) is 29.9 Å². The number of para-hydroxylation sites is 1. The summed E-state index contributed by atoms with van der Waals surface area (Å²) in [7, 11) is 1.56. The first kappa shape index (κ1) is 24.9. The lowest BCUT2D eigenvalue weighted by Gasteiger charge is -2.33. The number of rotatable bonds is 7. The highest BCUT2D eigenvalue weighted by atomic mass is 32.1. The van der Waals surface area contributed by atoms with E-state index in [1.807, 2.05) is 6.92 Å². The zero-order chi connectivity index (χ0) is 24.9. The molecule has 0 unspecified atom stereocenters. The highest BCUT2D eigenvalue weighted by Crippen LogP contribution is 2.34. The van der Waals surface area contributed by atoms with Crippen molar-refractivity contribution in [2.75, 3.05) is 12.0 Å². The molecule has 2 aromatic carbocycles. The van der Waals surface area contributed by atoms with Gasteiger partial charge in [-0.05, 0) is 56.5 Å². The number of carbonyl (C=O) groups excluding carboxylic acids is 2. The SMILES string of the molecule is COc1ccc([C@@H](C(=O)NC2CCCCC2)N(C(=O)c2sc(C)nc2C)c2ccccc2F)cc1. The maximum absolute atomic E-state index is 15.2. The van der Waals surface area contributed by atoms with Crippen molar-refractivity contribution in [2.24, 2.45) is 0 Å². The lowest BCUT2D eigenvalue weighted by molar-refractivity contribution is -0.123. The molecule has 1 fully saturated rings. The summed E-state index contributed by atoms with van der Waals surface area (Å²) in [6, 6.07) is 12.0. The van der Waals surface area contributed by atoms with Gasteiger partial charge in [-0.15, -0.1) is 11.3 Å². The molecule has 4 rings (SSSR count). The molecule has 1 heterocycles. The second-order valence-electron chi connectivity index (χ2n) is 8.79. The van der Waals surface area contributed by atoms with Crippen LogP contribution in [0.4, 0.5) is 10.1 Å². The van der Waals surface area contributed by atoms with Gasteiger partial charge in [0.15, 0.2) is 0 Å². The van der Waals surface area contributed by atoms with E-state index in [1.165, 1.54) is 28.4 Å². The number of nitrogens with zero attached hydrogens (tertiary/aromatic N) is 2. The number of amides is 2. The Bertz CT molecular complexity index is 1190. The van der Waals surface area contributed by atoms with E-state index in [-0.39, 0.29) is 17.6 Å². The summed E-state index contributed by atoms with van der Waals surface area (Å²) < 4.78 is 20.5. The number of hydrogen-bond acceptors (Lipinski definition) is 5. The number of nitrogens with one attached hydrogen (secondary N) is 1. The molecule has 1 aliphatic rings. The molecule has 0 saturated heterocycles. The maximum atomic E-state index is 15.2. The molecule has 1 N–H and O–H groups in total. The van der Waals surface area contributed by atoms with Gasteiger partial charge in [0, 0.05) is 6.04 Å². The van der Waals surface area contributed by atoms with Crippen LogP contribution in [0.15, 0.2) is 48.5 Å². The molecular formula is C27H30FN3O3S. The van der Waals surface area contributed by atoms with Gasteiger partial charge in [-0.3, -0.25) is 14.5 Å². The van der Waals surface area contributed by atoms with E-state index in [2.05, 4.69) is 10.3 Å². The lowest BCUT2D eigenvalue weighted by atomic mass is 9.94. The zero-order valence-corrected chi connectivity index (χ0v) is 21.0. The molecular weight excluding hydrogens is 465 g/mol. The standard InChI is InChI=1S/C27H30FN3O3S/c1-17-25(35-18(2)29-17)27(33)31(23-12-8-7-11-22(23)28)24(19-13-15-21(34-3)16-14-19)26(32)30-20-9-5-4-6-10-20/h7-8,11-16,20,24H,4-6,9-10H2,1-3H3,(H,30,32)/t24-/m0/s1. The minimum atomic E-state index is -1.07. The summed E-state index contributed by atoms with van der Waals surface area (Å²) in [4.78, 5) is 33.9. The van der Waals surface area contributed by atoms with Crippen molar-refractivity contribution in [1.82, 2.24) is 10.3 Å². The first-order chi connectivity index (χ1) is 16.9. The number of carbonyl (C=O) groups is 2. The van der Waals surface area contributed by atoms with Crippen molar-refractivity contribution in [2.45, 2.75) is 58.0 Å². The normalized spacial score (nSPS) is 14.9. The van der Waals surface area contributed by atoms with Gasteiger partial charge >= 0.3 is 0 Å². The fourth-order valence-electron chi connectivity index (χ4n) is 4.58. The van der Waals surface area contributed by atoms with Crippen LogP contribution >= 0.6 is 11.3 Å². The van der Waals surface area contributed by atoms with E-state index in [0.717, 1.165) is 37.1 Å². The largest absolute Gasteiger partial charge is 0.497 e. The van der Waals surface area contributed by atoms with E-state index in [1.54, 1.807) is 50.4 Å². The van der Waals surface area contributed by atoms with Crippen molar-refractivity contribution < 1.29 is 18.7 Å². The van der Waals surface area contributed by atoms with Gasteiger partial charge in [0.2, 0.25) is 5.91 Å². The van der Waals surface area contributed by atoms with Crippen LogP contribution in [0.3, 0.4) is 0 Å². The third kappa shape index (κ3) is 5.53. The minimum absolute atomic E-state index is 0.0296. The van der Waals surface area contributed by atoms with Crippen LogP contribution in [0, 0.1) is 19.7 Å². The van der Waals surface area contributed by atoms with Gasteiger partial charge in [-0.1, -0.05) is 43.5 Å². The Labute approximate surface area is 209 Å². The Morgan fingerprint density at radius 1 is 1.09 bits per heavy atom. The molecule has 2 amide bonds. The number of benzene rings is 2. The summed E-state index contributed by atoms with van der Waals surface area (Å²) in [5, 5.41) is 3.87. The van der Waals surface area contributed by atoms with Gasteiger partial charge in [0.25, 0.3) is 5.91 Å².